The normalized spacial score (nSPS) is 21.9. The van der Waals surface area contributed by atoms with Gasteiger partial charge in [0, 0.05) is 0 Å². The fraction of sp³-hybridized carbons (Fsp3) is 0.250. The number of imidazole rings is 1. The highest BCUT2D eigenvalue weighted by atomic mass is 19.1. The van der Waals surface area contributed by atoms with Gasteiger partial charge in [0.2, 0.25) is 0 Å². The maximum atomic E-state index is 13.0. The van der Waals surface area contributed by atoms with Crippen LogP contribution in [0.1, 0.15) is 17.4 Å². The minimum atomic E-state index is -1.26. The van der Waals surface area contributed by atoms with E-state index in [1.165, 1.54) is 29.4 Å². The topological polar surface area (TPSA) is 147 Å². The minimum absolute atomic E-state index is 0.287. The third-order valence-corrected chi connectivity index (χ3v) is 5.73. The molecule has 1 aliphatic heterocycles. The van der Waals surface area contributed by atoms with Gasteiger partial charge in [-0.2, -0.15) is 5.10 Å². The second-order valence-electron chi connectivity index (χ2n) is 8.13. The van der Waals surface area contributed by atoms with Crippen LogP contribution in [0.5, 0.6) is 5.75 Å². The molecule has 0 spiro atoms. The molecular weight excluding hydrogens is 471 g/mol. The number of aliphatic hydroxyl groups excluding tert-OH is 3. The van der Waals surface area contributed by atoms with Gasteiger partial charge >= 0.3 is 0 Å². The average Bonchev–Trinajstić information content (AvgIpc) is 3.45. The monoisotopic (exact) mass is 494 g/mol. The number of nitrogens with zero attached hydrogens (tertiary/aromatic N) is 5. The quantitative estimate of drug-likeness (QED) is 0.212. The van der Waals surface area contributed by atoms with Gasteiger partial charge < -0.3 is 24.8 Å². The Hall–Kier alpha value is -3.97. The molecule has 0 aliphatic carbocycles. The SMILES string of the molecule is OC[C@H]1O[C@@H](n2cnc3c(NN=Cc4ccc(OCc5ccc(F)cc5)cc4)ncnc32)[C@H](O)[C@@H]1O. The summed E-state index contributed by atoms with van der Waals surface area (Å²) in [5, 5.41) is 33.9. The summed E-state index contributed by atoms with van der Waals surface area (Å²) >= 11 is 0. The Balaban J connectivity index is 1.23. The molecule has 0 bridgehead atoms. The first-order valence-electron chi connectivity index (χ1n) is 11.1. The Morgan fingerprint density at radius 3 is 2.56 bits per heavy atom. The lowest BCUT2D eigenvalue weighted by atomic mass is 10.1. The molecule has 1 aliphatic rings. The lowest BCUT2D eigenvalue weighted by Crippen LogP contribution is -2.33. The van der Waals surface area contributed by atoms with Crippen molar-refractivity contribution in [3.63, 3.8) is 0 Å². The molecule has 0 radical (unpaired) electrons. The van der Waals surface area contributed by atoms with Crippen molar-refractivity contribution in [2.24, 2.45) is 5.10 Å². The number of nitrogens with one attached hydrogen (secondary N) is 1. The standard InChI is InChI=1S/C24H23FN6O5/c25-16-5-1-15(2-6-16)11-35-17-7-3-14(4-8-17)9-29-30-22-19-23(27-12-26-22)31(13-28-19)24-21(34)20(33)18(10-32)36-24/h1-9,12-13,18,20-21,24,32-34H,10-11H2,(H,26,27,30)/t18-,20-,21-,24-/m1/s1. The smallest absolute Gasteiger partial charge is 0.177 e. The predicted octanol–water partition coefficient (Wildman–Crippen LogP) is 1.60. The summed E-state index contributed by atoms with van der Waals surface area (Å²) in [5.74, 6) is 0.711. The zero-order chi connectivity index (χ0) is 25.1. The van der Waals surface area contributed by atoms with Crippen LogP contribution >= 0.6 is 0 Å². The summed E-state index contributed by atoms with van der Waals surface area (Å²) in [5.41, 5.74) is 5.25. The number of hydrogen-bond donors (Lipinski definition) is 4. The molecule has 5 rings (SSSR count). The van der Waals surface area contributed by atoms with Crippen LogP contribution < -0.4 is 10.2 Å². The van der Waals surface area contributed by atoms with E-state index in [1.807, 2.05) is 12.1 Å². The van der Waals surface area contributed by atoms with E-state index in [0.717, 1.165) is 11.1 Å². The van der Waals surface area contributed by atoms with Gasteiger partial charge in [0.05, 0.1) is 19.1 Å². The second kappa shape index (κ2) is 10.3. The number of hydrogen-bond acceptors (Lipinski definition) is 10. The summed E-state index contributed by atoms with van der Waals surface area (Å²) in [6, 6.07) is 13.4. The molecule has 186 valence electrons. The number of aliphatic hydroxyl groups is 3. The van der Waals surface area contributed by atoms with Crippen molar-refractivity contribution < 1.29 is 29.2 Å². The first-order chi connectivity index (χ1) is 17.5. The Morgan fingerprint density at radius 2 is 1.83 bits per heavy atom. The van der Waals surface area contributed by atoms with Crippen molar-refractivity contribution in [1.82, 2.24) is 19.5 Å². The van der Waals surface area contributed by atoms with Gasteiger partial charge in [-0.25, -0.2) is 19.3 Å². The van der Waals surface area contributed by atoms with Gasteiger partial charge in [-0.3, -0.25) is 9.99 Å². The second-order valence-corrected chi connectivity index (χ2v) is 8.13. The fourth-order valence-corrected chi connectivity index (χ4v) is 3.80. The first-order valence-corrected chi connectivity index (χ1v) is 11.1. The third-order valence-electron chi connectivity index (χ3n) is 5.73. The molecule has 11 nitrogen and oxygen atoms in total. The van der Waals surface area contributed by atoms with Crippen LogP contribution in [-0.2, 0) is 11.3 Å². The lowest BCUT2D eigenvalue weighted by Gasteiger charge is -2.16. The van der Waals surface area contributed by atoms with Gasteiger partial charge in [-0.05, 0) is 47.5 Å². The lowest BCUT2D eigenvalue weighted by molar-refractivity contribution is -0.0511. The summed E-state index contributed by atoms with van der Waals surface area (Å²) in [7, 11) is 0. The largest absolute Gasteiger partial charge is 0.489 e. The maximum absolute atomic E-state index is 13.0. The molecule has 0 unspecified atom stereocenters. The minimum Gasteiger partial charge on any atom is -0.489 e. The highest BCUT2D eigenvalue weighted by molar-refractivity contribution is 5.84. The van der Waals surface area contributed by atoms with Crippen LogP contribution in [-0.4, -0.2) is 66.0 Å². The van der Waals surface area contributed by atoms with E-state index in [-0.39, 0.29) is 5.82 Å². The van der Waals surface area contributed by atoms with E-state index in [1.54, 1.807) is 30.5 Å². The molecule has 4 N–H and O–H groups in total. The van der Waals surface area contributed by atoms with Crippen LogP contribution in [0.25, 0.3) is 11.2 Å². The molecular formula is C24H23FN6O5. The molecule has 4 atom stereocenters. The zero-order valence-corrected chi connectivity index (χ0v) is 18.8. The molecule has 0 saturated carbocycles. The van der Waals surface area contributed by atoms with Crippen LogP contribution in [0.4, 0.5) is 10.2 Å². The van der Waals surface area contributed by atoms with Gasteiger partial charge in [0.25, 0.3) is 0 Å². The highest BCUT2D eigenvalue weighted by Crippen LogP contribution is 2.32. The Kier molecular flexibility index (Phi) is 6.82. The van der Waals surface area contributed by atoms with Crippen molar-refractivity contribution in [1.29, 1.82) is 0 Å². The van der Waals surface area contributed by atoms with E-state index < -0.39 is 31.1 Å². The fourth-order valence-electron chi connectivity index (χ4n) is 3.80. The third kappa shape index (κ3) is 4.88. The number of anilines is 1. The van der Waals surface area contributed by atoms with Gasteiger partial charge in [-0.15, -0.1) is 0 Å². The number of fused-ring (bicyclic) bond motifs is 1. The number of ether oxygens (including phenoxy) is 2. The predicted molar refractivity (Wildman–Crippen MR) is 127 cm³/mol. The summed E-state index contributed by atoms with van der Waals surface area (Å²) in [6.07, 6.45) is -0.0384. The van der Waals surface area contributed by atoms with Crippen LogP contribution in [0.15, 0.2) is 66.3 Å². The van der Waals surface area contributed by atoms with Crippen molar-refractivity contribution in [2.45, 2.75) is 31.1 Å². The van der Waals surface area contributed by atoms with Gasteiger partial charge in [-0.1, -0.05) is 12.1 Å². The number of aromatic nitrogens is 4. The van der Waals surface area contributed by atoms with Crippen LogP contribution in [0.2, 0.25) is 0 Å². The van der Waals surface area contributed by atoms with Crippen LogP contribution in [0.3, 0.4) is 0 Å². The van der Waals surface area contributed by atoms with Crippen molar-refractivity contribution in [2.75, 3.05) is 12.0 Å². The van der Waals surface area contributed by atoms with Crippen molar-refractivity contribution in [3.8, 4) is 5.75 Å². The van der Waals surface area contributed by atoms with E-state index in [0.29, 0.717) is 29.3 Å². The van der Waals surface area contributed by atoms with Gasteiger partial charge in [0.1, 0.15) is 42.8 Å². The van der Waals surface area contributed by atoms with E-state index in [2.05, 4.69) is 25.5 Å². The molecule has 2 aromatic heterocycles. The maximum Gasteiger partial charge on any atom is 0.177 e. The molecule has 4 aromatic rings. The molecule has 3 heterocycles. The molecule has 36 heavy (non-hydrogen) atoms. The summed E-state index contributed by atoms with van der Waals surface area (Å²) in [4.78, 5) is 12.7. The average molecular weight is 494 g/mol. The number of benzene rings is 2. The van der Waals surface area contributed by atoms with E-state index in [4.69, 9.17) is 9.47 Å². The first kappa shape index (κ1) is 23.8. The molecule has 0 amide bonds. The molecule has 2 aromatic carbocycles. The van der Waals surface area contributed by atoms with Crippen LogP contribution in [0, 0.1) is 5.82 Å². The Bertz CT molecular complexity index is 1350. The molecule has 1 fully saturated rings. The van der Waals surface area contributed by atoms with E-state index >= 15 is 0 Å². The number of rotatable bonds is 8. The number of hydrazone groups is 1. The summed E-state index contributed by atoms with van der Waals surface area (Å²) in [6.45, 7) is -0.104. The van der Waals surface area contributed by atoms with Crippen molar-refractivity contribution >= 4 is 23.2 Å². The molecule has 12 heteroatoms. The molecule has 1 saturated heterocycles. The summed E-state index contributed by atoms with van der Waals surface area (Å²) < 4.78 is 25.7. The number of halogens is 1. The zero-order valence-electron chi connectivity index (χ0n) is 18.8. The Morgan fingerprint density at radius 1 is 1.06 bits per heavy atom. The van der Waals surface area contributed by atoms with Gasteiger partial charge in [0.15, 0.2) is 23.2 Å². The van der Waals surface area contributed by atoms with E-state index in [9.17, 15) is 19.7 Å². The Labute approximate surface area is 204 Å². The van der Waals surface area contributed by atoms with Crippen molar-refractivity contribution in [3.05, 3.63) is 78.1 Å². The highest BCUT2D eigenvalue weighted by Gasteiger charge is 2.44.